The molecular weight excluding hydrogens is 358 g/mol. The van der Waals surface area contributed by atoms with E-state index < -0.39 is 6.29 Å². The molecule has 0 bridgehead atoms. The number of aliphatic hydroxyl groups excluding tert-OH is 1. The third kappa shape index (κ3) is 4.88. The molecular formula is C22H21NO5. The quantitative estimate of drug-likeness (QED) is 0.385. The second-order valence-corrected chi connectivity index (χ2v) is 6.42. The molecule has 0 aliphatic heterocycles. The van der Waals surface area contributed by atoms with Crippen molar-refractivity contribution in [3.8, 4) is 11.5 Å². The molecule has 0 aliphatic rings. The van der Waals surface area contributed by atoms with E-state index >= 15 is 0 Å². The Morgan fingerprint density at radius 3 is 2.36 bits per heavy atom. The van der Waals surface area contributed by atoms with Gasteiger partial charge in [0.1, 0.15) is 11.5 Å². The number of carbonyl (C=O) groups is 1. The summed E-state index contributed by atoms with van der Waals surface area (Å²) in [5.41, 5.74) is 3.15. The molecule has 4 N–H and O–H groups in total. The lowest BCUT2D eigenvalue weighted by Crippen LogP contribution is -2.12. The second-order valence-electron chi connectivity index (χ2n) is 6.42. The van der Waals surface area contributed by atoms with Gasteiger partial charge in [0, 0.05) is 11.3 Å². The van der Waals surface area contributed by atoms with Gasteiger partial charge < -0.3 is 25.4 Å². The van der Waals surface area contributed by atoms with E-state index in [1.54, 1.807) is 24.3 Å². The second kappa shape index (κ2) is 8.56. The van der Waals surface area contributed by atoms with E-state index in [9.17, 15) is 20.1 Å². The average molecular weight is 379 g/mol. The zero-order valence-corrected chi connectivity index (χ0v) is 15.3. The topological polar surface area (TPSA) is 99.0 Å². The fourth-order valence-electron chi connectivity index (χ4n) is 2.60. The lowest BCUT2D eigenvalue weighted by atomic mass is 10.1. The van der Waals surface area contributed by atoms with Gasteiger partial charge in [-0.15, -0.1) is 0 Å². The number of ether oxygens (including phenoxy) is 1. The lowest BCUT2D eigenvalue weighted by molar-refractivity contribution is -0.112. The molecule has 1 atom stereocenters. The van der Waals surface area contributed by atoms with Gasteiger partial charge in [0.15, 0.2) is 6.29 Å². The summed E-state index contributed by atoms with van der Waals surface area (Å²) in [6.45, 7) is 2.04. The molecule has 0 aliphatic carbocycles. The van der Waals surface area contributed by atoms with Crippen molar-refractivity contribution in [3.63, 3.8) is 0 Å². The number of hydrogen-bond donors (Lipinski definition) is 4. The van der Waals surface area contributed by atoms with Gasteiger partial charge in [-0.05, 0) is 55.0 Å². The number of rotatable bonds is 6. The summed E-state index contributed by atoms with van der Waals surface area (Å²) in [7, 11) is 0. The van der Waals surface area contributed by atoms with Crippen molar-refractivity contribution in [2.45, 2.75) is 19.8 Å². The first-order valence-electron chi connectivity index (χ1n) is 8.71. The summed E-state index contributed by atoms with van der Waals surface area (Å²) in [5.74, 6) is -0.478. The molecule has 0 heterocycles. The average Bonchev–Trinajstić information content (AvgIpc) is 2.70. The van der Waals surface area contributed by atoms with Crippen LogP contribution in [0.4, 0.5) is 5.69 Å². The third-order valence-electron chi connectivity index (χ3n) is 4.21. The summed E-state index contributed by atoms with van der Waals surface area (Å²) in [6.07, 6.45) is -1.39. The maximum absolute atomic E-state index is 12.3. The summed E-state index contributed by atoms with van der Waals surface area (Å²) >= 11 is 0. The van der Waals surface area contributed by atoms with Crippen LogP contribution in [0.2, 0.25) is 0 Å². The molecule has 3 rings (SSSR count). The van der Waals surface area contributed by atoms with Crippen molar-refractivity contribution < 1.29 is 24.9 Å². The first-order chi connectivity index (χ1) is 13.4. The van der Waals surface area contributed by atoms with Crippen LogP contribution in [0.3, 0.4) is 0 Å². The number of carbonyl (C=O) groups excluding carboxylic acids is 1. The van der Waals surface area contributed by atoms with Crippen LogP contribution in [0.1, 0.15) is 33.3 Å². The number of aryl methyl sites for hydroxylation is 1. The number of nitrogens with one attached hydrogen (secondary N) is 1. The fourth-order valence-corrected chi connectivity index (χ4v) is 2.60. The minimum atomic E-state index is -1.39. The highest BCUT2D eigenvalue weighted by Crippen LogP contribution is 2.29. The number of benzene rings is 3. The van der Waals surface area contributed by atoms with Crippen molar-refractivity contribution >= 4 is 11.6 Å². The minimum absolute atomic E-state index is 0.0656. The Morgan fingerprint density at radius 2 is 1.68 bits per heavy atom. The number of aliphatic hydroxyl groups is 1. The van der Waals surface area contributed by atoms with Gasteiger partial charge in [0.2, 0.25) is 0 Å². The number of aromatic hydroxyl groups is 2. The Balaban J connectivity index is 1.58. The fraction of sp³-hybridized carbons (Fsp3) is 0.136. The van der Waals surface area contributed by atoms with Gasteiger partial charge in [-0.25, -0.2) is 0 Å². The van der Waals surface area contributed by atoms with Crippen LogP contribution < -0.4 is 5.32 Å². The Kier molecular flexibility index (Phi) is 5.93. The highest BCUT2D eigenvalue weighted by Gasteiger charge is 2.14. The maximum Gasteiger partial charge on any atom is 0.255 e. The molecule has 0 saturated heterocycles. The van der Waals surface area contributed by atoms with Gasteiger partial charge in [-0.1, -0.05) is 29.8 Å². The van der Waals surface area contributed by atoms with Gasteiger partial charge in [0.05, 0.1) is 12.2 Å². The first-order valence-corrected chi connectivity index (χ1v) is 8.71. The Hall–Kier alpha value is -3.35. The number of anilines is 1. The normalized spacial score (nSPS) is 11.8. The number of phenols is 2. The third-order valence-corrected chi connectivity index (χ3v) is 4.21. The summed E-state index contributed by atoms with van der Waals surface area (Å²) in [5, 5.41) is 32.1. The molecule has 28 heavy (non-hydrogen) atoms. The van der Waals surface area contributed by atoms with E-state index in [4.69, 9.17) is 4.74 Å². The number of amides is 1. The Bertz CT molecular complexity index is 952. The van der Waals surface area contributed by atoms with Gasteiger partial charge in [0.25, 0.3) is 5.91 Å². The van der Waals surface area contributed by atoms with Crippen LogP contribution >= 0.6 is 0 Å². The van der Waals surface area contributed by atoms with Crippen molar-refractivity contribution in [2.75, 3.05) is 5.32 Å². The zero-order chi connectivity index (χ0) is 20.1. The van der Waals surface area contributed by atoms with E-state index in [1.807, 2.05) is 31.2 Å². The van der Waals surface area contributed by atoms with E-state index in [2.05, 4.69) is 5.32 Å². The molecule has 1 unspecified atom stereocenters. The molecule has 0 saturated carbocycles. The van der Waals surface area contributed by atoms with Crippen LogP contribution in [0, 0.1) is 6.92 Å². The van der Waals surface area contributed by atoms with E-state index in [0.29, 0.717) is 5.56 Å². The van der Waals surface area contributed by atoms with Crippen molar-refractivity contribution in [1.29, 1.82) is 0 Å². The molecule has 1 amide bonds. The van der Waals surface area contributed by atoms with E-state index in [-0.39, 0.29) is 29.6 Å². The van der Waals surface area contributed by atoms with Crippen molar-refractivity contribution in [1.82, 2.24) is 0 Å². The van der Waals surface area contributed by atoms with Gasteiger partial charge in [-0.3, -0.25) is 4.79 Å². The molecule has 6 heteroatoms. The molecule has 3 aromatic carbocycles. The van der Waals surface area contributed by atoms with Gasteiger partial charge in [-0.2, -0.15) is 0 Å². The molecule has 0 spiro atoms. The lowest BCUT2D eigenvalue weighted by Gasteiger charge is -2.14. The minimum Gasteiger partial charge on any atom is -0.508 e. The summed E-state index contributed by atoms with van der Waals surface area (Å²) in [6, 6.07) is 18.1. The van der Waals surface area contributed by atoms with Crippen molar-refractivity contribution in [2.24, 2.45) is 0 Å². The first kappa shape index (κ1) is 19.4. The summed E-state index contributed by atoms with van der Waals surface area (Å²) in [4.78, 5) is 12.3. The molecule has 144 valence electrons. The Morgan fingerprint density at radius 1 is 1.00 bits per heavy atom. The smallest absolute Gasteiger partial charge is 0.255 e. The van der Waals surface area contributed by atoms with Crippen LogP contribution in [0.25, 0.3) is 0 Å². The molecule has 3 aromatic rings. The number of phenolic OH excluding ortho intramolecular Hbond substituents is 2. The highest BCUT2D eigenvalue weighted by molar-refractivity contribution is 6.04. The molecule has 0 aromatic heterocycles. The van der Waals surface area contributed by atoms with Crippen molar-refractivity contribution in [3.05, 3.63) is 89.0 Å². The predicted molar refractivity (Wildman–Crippen MR) is 105 cm³/mol. The van der Waals surface area contributed by atoms with E-state index in [0.717, 1.165) is 16.8 Å². The van der Waals surface area contributed by atoms with Crippen LogP contribution in [0.5, 0.6) is 11.5 Å². The van der Waals surface area contributed by atoms with Crippen LogP contribution in [0.15, 0.2) is 66.7 Å². The monoisotopic (exact) mass is 379 g/mol. The summed E-state index contributed by atoms with van der Waals surface area (Å²) < 4.78 is 5.34. The van der Waals surface area contributed by atoms with Crippen LogP contribution in [-0.2, 0) is 11.3 Å². The Labute approximate surface area is 162 Å². The van der Waals surface area contributed by atoms with E-state index in [1.165, 1.54) is 18.2 Å². The zero-order valence-electron chi connectivity index (χ0n) is 15.3. The predicted octanol–water partition coefficient (Wildman–Crippen LogP) is 3.87. The SMILES string of the molecule is Cc1ccc(NC(=O)c2ccc(COC(O)c3cc(O)ccc3O)cc2)cc1. The molecule has 0 radical (unpaired) electrons. The molecule has 6 nitrogen and oxygen atoms in total. The van der Waals surface area contributed by atoms with Crippen LogP contribution in [-0.4, -0.2) is 21.2 Å². The molecule has 0 fully saturated rings. The largest absolute Gasteiger partial charge is 0.508 e. The van der Waals surface area contributed by atoms with Gasteiger partial charge >= 0.3 is 0 Å². The maximum atomic E-state index is 12.3. The number of hydrogen-bond acceptors (Lipinski definition) is 5. The highest BCUT2D eigenvalue weighted by atomic mass is 16.6. The standard InChI is InChI=1S/C22H21NO5/c1-14-2-8-17(9-3-14)23-21(26)16-6-4-15(5-7-16)13-28-22(27)19-12-18(24)10-11-20(19)25/h2-12,22,24-25,27H,13H2,1H3,(H,23,26).